The van der Waals surface area contributed by atoms with Crippen molar-refractivity contribution in [3.63, 3.8) is 0 Å². The number of phenolic OH excluding ortho intramolecular Hbond substituents is 1. The van der Waals surface area contributed by atoms with Crippen LogP contribution in [0.3, 0.4) is 0 Å². The standard InChI is InChI=1S/C22H25NO5/c1-5-13-6-8-15-16(11-18(13)25)17(23-12(2)24)9-7-14-10-19(26)21(27-3)22(28-4)20(14)15/h6,8,10-11,17,26H,5,7,9H2,1-4H3,(H,23,24). The van der Waals surface area contributed by atoms with Crippen LogP contribution < -0.4 is 20.2 Å². The molecule has 28 heavy (non-hydrogen) atoms. The smallest absolute Gasteiger partial charge is 0.217 e. The molecule has 6 nitrogen and oxygen atoms in total. The van der Waals surface area contributed by atoms with E-state index in [9.17, 15) is 14.7 Å². The SMILES string of the molecule is CCc1ccc2c(cc1=O)C(NC(C)=O)CCc1cc(O)c(OC)c(OC)c1-2. The third-order valence-corrected chi connectivity index (χ3v) is 5.18. The minimum absolute atomic E-state index is 0.00306. The van der Waals surface area contributed by atoms with E-state index in [0.717, 1.165) is 22.3 Å². The molecule has 2 aromatic carbocycles. The predicted molar refractivity (Wildman–Crippen MR) is 107 cm³/mol. The fourth-order valence-corrected chi connectivity index (χ4v) is 3.90. The lowest BCUT2D eigenvalue weighted by molar-refractivity contribution is -0.119. The molecule has 1 aliphatic carbocycles. The number of hydrogen-bond acceptors (Lipinski definition) is 5. The molecule has 0 saturated heterocycles. The number of methoxy groups -OCH3 is 2. The van der Waals surface area contributed by atoms with E-state index in [1.165, 1.54) is 21.1 Å². The van der Waals surface area contributed by atoms with Gasteiger partial charge in [0.25, 0.3) is 0 Å². The summed E-state index contributed by atoms with van der Waals surface area (Å²) in [5.41, 5.74) is 3.81. The zero-order valence-electron chi connectivity index (χ0n) is 16.6. The summed E-state index contributed by atoms with van der Waals surface area (Å²) in [5.74, 6) is 0.495. The summed E-state index contributed by atoms with van der Waals surface area (Å²) in [6.07, 6.45) is 1.81. The van der Waals surface area contributed by atoms with Gasteiger partial charge in [0.1, 0.15) is 0 Å². The van der Waals surface area contributed by atoms with Gasteiger partial charge in [-0.15, -0.1) is 0 Å². The van der Waals surface area contributed by atoms with Crippen LogP contribution in [-0.2, 0) is 17.6 Å². The molecular weight excluding hydrogens is 358 g/mol. The van der Waals surface area contributed by atoms with Crippen LogP contribution in [0.15, 0.2) is 29.1 Å². The minimum Gasteiger partial charge on any atom is -0.504 e. The molecule has 1 aliphatic rings. The molecule has 0 spiro atoms. The van der Waals surface area contributed by atoms with Crippen LogP contribution in [0, 0.1) is 0 Å². The number of carbonyl (C=O) groups excluding carboxylic acids is 1. The van der Waals surface area contributed by atoms with Gasteiger partial charge < -0.3 is 19.9 Å². The Kier molecular flexibility index (Phi) is 5.58. The van der Waals surface area contributed by atoms with Gasteiger partial charge in [0.2, 0.25) is 11.7 Å². The van der Waals surface area contributed by atoms with E-state index in [1.54, 1.807) is 12.1 Å². The summed E-state index contributed by atoms with van der Waals surface area (Å²) >= 11 is 0. The van der Waals surface area contributed by atoms with E-state index in [2.05, 4.69) is 5.32 Å². The first-order valence-corrected chi connectivity index (χ1v) is 9.32. The Labute approximate surface area is 164 Å². The van der Waals surface area contributed by atoms with E-state index in [0.29, 0.717) is 30.6 Å². The number of rotatable bonds is 4. The van der Waals surface area contributed by atoms with Crippen molar-refractivity contribution in [1.82, 2.24) is 5.32 Å². The maximum absolute atomic E-state index is 12.7. The molecule has 2 aromatic rings. The lowest BCUT2D eigenvalue weighted by Gasteiger charge is -2.18. The average Bonchev–Trinajstić information content (AvgIpc) is 2.89. The van der Waals surface area contributed by atoms with Crippen LogP contribution in [0.5, 0.6) is 17.2 Å². The number of ether oxygens (including phenoxy) is 2. The van der Waals surface area contributed by atoms with Crippen molar-refractivity contribution >= 4 is 5.91 Å². The number of aromatic hydroxyl groups is 1. The van der Waals surface area contributed by atoms with Crippen molar-refractivity contribution in [2.24, 2.45) is 0 Å². The minimum atomic E-state index is -0.317. The van der Waals surface area contributed by atoms with Crippen molar-refractivity contribution in [2.75, 3.05) is 14.2 Å². The third-order valence-electron chi connectivity index (χ3n) is 5.18. The van der Waals surface area contributed by atoms with Gasteiger partial charge in [-0.05, 0) is 53.6 Å². The molecule has 0 aliphatic heterocycles. The van der Waals surface area contributed by atoms with Crippen LogP contribution in [0.4, 0.5) is 0 Å². The average molecular weight is 383 g/mol. The van der Waals surface area contributed by atoms with E-state index in [-0.39, 0.29) is 28.9 Å². The van der Waals surface area contributed by atoms with Crippen LogP contribution in [0.25, 0.3) is 11.1 Å². The Morgan fingerprint density at radius 3 is 2.54 bits per heavy atom. The maximum Gasteiger partial charge on any atom is 0.217 e. The van der Waals surface area contributed by atoms with Crippen LogP contribution in [0.1, 0.15) is 43.0 Å². The van der Waals surface area contributed by atoms with Gasteiger partial charge in [-0.2, -0.15) is 0 Å². The number of carbonyl (C=O) groups is 1. The molecule has 0 aromatic heterocycles. The second kappa shape index (κ2) is 7.92. The van der Waals surface area contributed by atoms with Crippen LogP contribution >= 0.6 is 0 Å². The molecule has 3 rings (SSSR count). The molecule has 1 atom stereocenters. The molecule has 1 amide bonds. The van der Waals surface area contributed by atoms with Gasteiger partial charge >= 0.3 is 0 Å². The zero-order valence-corrected chi connectivity index (χ0v) is 16.6. The molecular formula is C22H25NO5. The molecule has 0 saturated carbocycles. The summed E-state index contributed by atoms with van der Waals surface area (Å²) in [6.45, 7) is 3.40. The predicted octanol–water partition coefficient (Wildman–Crippen LogP) is 3.12. The van der Waals surface area contributed by atoms with Gasteiger partial charge in [0.15, 0.2) is 16.9 Å². The largest absolute Gasteiger partial charge is 0.504 e. The number of hydrogen-bond donors (Lipinski definition) is 2. The molecule has 0 fully saturated rings. The Hall–Kier alpha value is -3.02. The number of amides is 1. The fraction of sp³-hybridized carbons (Fsp3) is 0.364. The second-order valence-corrected chi connectivity index (χ2v) is 6.88. The first kappa shape index (κ1) is 19.7. The highest BCUT2D eigenvalue weighted by Gasteiger charge is 2.28. The number of fused-ring (bicyclic) bond motifs is 3. The van der Waals surface area contributed by atoms with E-state index < -0.39 is 0 Å². The third kappa shape index (κ3) is 3.42. The highest BCUT2D eigenvalue weighted by atomic mass is 16.5. The summed E-state index contributed by atoms with van der Waals surface area (Å²) in [6, 6.07) is 6.68. The summed E-state index contributed by atoms with van der Waals surface area (Å²) in [7, 11) is 2.99. The number of aryl methyl sites for hydroxylation is 2. The molecule has 1 unspecified atom stereocenters. The number of phenols is 1. The Morgan fingerprint density at radius 1 is 1.21 bits per heavy atom. The fourth-order valence-electron chi connectivity index (χ4n) is 3.90. The molecule has 2 N–H and O–H groups in total. The highest BCUT2D eigenvalue weighted by molar-refractivity contribution is 5.83. The van der Waals surface area contributed by atoms with Crippen molar-refractivity contribution in [3.05, 3.63) is 51.2 Å². The van der Waals surface area contributed by atoms with Gasteiger partial charge in [-0.3, -0.25) is 9.59 Å². The first-order chi connectivity index (χ1) is 13.4. The van der Waals surface area contributed by atoms with E-state index >= 15 is 0 Å². The van der Waals surface area contributed by atoms with Crippen molar-refractivity contribution < 1.29 is 19.4 Å². The van der Waals surface area contributed by atoms with Crippen LogP contribution in [-0.4, -0.2) is 25.2 Å². The van der Waals surface area contributed by atoms with Crippen molar-refractivity contribution in [3.8, 4) is 28.4 Å². The van der Waals surface area contributed by atoms with Crippen LogP contribution in [0.2, 0.25) is 0 Å². The molecule has 0 radical (unpaired) electrons. The van der Waals surface area contributed by atoms with Gasteiger partial charge in [0.05, 0.1) is 20.3 Å². The van der Waals surface area contributed by atoms with Gasteiger partial charge in [0, 0.05) is 12.5 Å². The molecule has 148 valence electrons. The number of nitrogens with one attached hydrogen (secondary N) is 1. The van der Waals surface area contributed by atoms with Gasteiger partial charge in [-0.1, -0.05) is 19.1 Å². The highest BCUT2D eigenvalue weighted by Crippen LogP contribution is 2.49. The molecule has 6 heteroatoms. The lowest BCUT2D eigenvalue weighted by atomic mass is 9.95. The number of benzene rings is 1. The molecule has 0 heterocycles. The Balaban J connectivity index is 2.41. The Bertz CT molecular complexity index is 983. The Morgan fingerprint density at radius 2 is 1.93 bits per heavy atom. The monoisotopic (exact) mass is 383 g/mol. The van der Waals surface area contributed by atoms with E-state index in [4.69, 9.17) is 9.47 Å². The van der Waals surface area contributed by atoms with Gasteiger partial charge in [-0.25, -0.2) is 0 Å². The summed E-state index contributed by atoms with van der Waals surface area (Å²) < 4.78 is 11.0. The quantitative estimate of drug-likeness (QED) is 0.847. The topological polar surface area (TPSA) is 84.9 Å². The van der Waals surface area contributed by atoms with Crippen molar-refractivity contribution in [2.45, 2.75) is 39.2 Å². The normalized spacial score (nSPS) is 15.1. The molecule has 0 bridgehead atoms. The zero-order chi connectivity index (χ0) is 20.4. The van der Waals surface area contributed by atoms with E-state index in [1.807, 2.05) is 19.1 Å². The maximum atomic E-state index is 12.7. The summed E-state index contributed by atoms with van der Waals surface area (Å²) in [4.78, 5) is 24.5. The van der Waals surface area contributed by atoms with Crippen molar-refractivity contribution in [1.29, 1.82) is 0 Å². The first-order valence-electron chi connectivity index (χ1n) is 9.32. The second-order valence-electron chi connectivity index (χ2n) is 6.88. The lowest BCUT2D eigenvalue weighted by Crippen LogP contribution is -2.26. The summed E-state index contributed by atoms with van der Waals surface area (Å²) in [5, 5.41) is 13.3.